The molecule has 1 aromatic rings. The highest BCUT2D eigenvalue weighted by Gasteiger charge is 2.49. The zero-order valence-electron chi connectivity index (χ0n) is 17.4. The quantitative estimate of drug-likeness (QED) is 0.701. The van der Waals surface area contributed by atoms with E-state index in [1.807, 2.05) is 6.07 Å². The lowest BCUT2D eigenvalue weighted by Crippen LogP contribution is -2.65. The van der Waals surface area contributed by atoms with Crippen LogP contribution in [0.4, 0.5) is 0 Å². The summed E-state index contributed by atoms with van der Waals surface area (Å²) < 4.78 is 0. The predicted octanol–water partition coefficient (Wildman–Crippen LogP) is 4.91. The molecule has 1 amide bonds. The number of aromatic nitrogens is 1. The molecule has 1 aliphatic carbocycles. The minimum Gasteiger partial charge on any atom is -0.336 e. The molecule has 158 valence electrons. The van der Waals surface area contributed by atoms with Crippen LogP contribution in [0.25, 0.3) is 0 Å². The molecular weight excluding hydrogens is 382 g/mol. The molecule has 4 aliphatic rings. The van der Waals surface area contributed by atoms with E-state index in [1.165, 1.54) is 51.4 Å². The summed E-state index contributed by atoms with van der Waals surface area (Å²) in [6, 6.07) is 4.94. The van der Waals surface area contributed by atoms with Gasteiger partial charge in [0.05, 0.1) is 10.7 Å². The Morgan fingerprint density at radius 1 is 1.03 bits per heavy atom. The van der Waals surface area contributed by atoms with Crippen LogP contribution in [0, 0.1) is 17.8 Å². The highest BCUT2D eigenvalue weighted by atomic mass is 35.5. The van der Waals surface area contributed by atoms with E-state index in [4.69, 9.17) is 11.6 Å². The summed E-state index contributed by atoms with van der Waals surface area (Å²) in [5.74, 6) is 2.53. The van der Waals surface area contributed by atoms with Crippen molar-refractivity contribution >= 4 is 17.5 Å². The molecule has 4 nitrogen and oxygen atoms in total. The van der Waals surface area contributed by atoms with Crippen LogP contribution in [0.5, 0.6) is 0 Å². The molecule has 0 spiro atoms. The van der Waals surface area contributed by atoms with E-state index in [0.29, 0.717) is 34.8 Å². The highest BCUT2D eigenvalue weighted by molar-refractivity contribution is 6.30. The Kier molecular flexibility index (Phi) is 5.84. The Labute approximate surface area is 180 Å². The summed E-state index contributed by atoms with van der Waals surface area (Å²) in [5.41, 5.74) is 1.11. The maximum Gasteiger partial charge on any atom is 0.223 e. The third-order valence-corrected chi connectivity index (χ3v) is 8.27. The van der Waals surface area contributed by atoms with Gasteiger partial charge in [0, 0.05) is 44.3 Å². The van der Waals surface area contributed by atoms with Gasteiger partial charge in [-0.3, -0.25) is 14.7 Å². The molecule has 3 saturated heterocycles. The van der Waals surface area contributed by atoms with Crippen LogP contribution in [0.3, 0.4) is 0 Å². The van der Waals surface area contributed by atoms with E-state index in [1.54, 1.807) is 6.20 Å². The third-order valence-electron chi connectivity index (χ3n) is 8.05. The molecule has 3 aliphatic heterocycles. The second-order valence-corrected chi connectivity index (χ2v) is 10.4. The summed E-state index contributed by atoms with van der Waals surface area (Å²) >= 11 is 6.02. The number of nitrogens with zero attached hydrogens (tertiary/aromatic N) is 3. The Morgan fingerprint density at radius 3 is 2.66 bits per heavy atom. The number of rotatable bonds is 4. The molecule has 4 fully saturated rings. The zero-order chi connectivity index (χ0) is 19.8. The molecule has 4 atom stereocenters. The number of fused-ring (bicyclic) bond motifs is 4. The van der Waals surface area contributed by atoms with Gasteiger partial charge in [0.2, 0.25) is 5.91 Å². The standard InChI is InChI=1S/C24H34ClN3O/c25-20-9-10-21(26-13-20)16-27-14-18-12-19(15-27)23(11-17-5-2-1-3-6-17)28-22(18)7-4-8-24(28)29/h9-10,13,17-19,22-23H,1-8,11-12,14-16H2/t18-,19+,22+,23+/m1/s1. The highest BCUT2D eigenvalue weighted by Crippen LogP contribution is 2.44. The van der Waals surface area contributed by atoms with Crippen molar-refractivity contribution in [2.75, 3.05) is 13.1 Å². The smallest absolute Gasteiger partial charge is 0.223 e. The number of piperidine rings is 3. The molecule has 5 heteroatoms. The van der Waals surface area contributed by atoms with Crippen molar-refractivity contribution in [3.8, 4) is 0 Å². The van der Waals surface area contributed by atoms with Crippen LogP contribution < -0.4 is 0 Å². The van der Waals surface area contributed by atoms with Crippen LogP contribution in [0.1, 0.15) is 69.9 Å². The molecule has 5 rings (SSSR count). The van der Waals surface area contributed by atoms with Crippen molar-refractivity contribution in [3.05, 3.63) is 29.0 Å². The van der Waals surface area contributed by atoms with Crippen LogP contribution in [0.15, 0.2) is 18.3 Å². The monoisotopic (exact) mass is 415 g/mol. The first-order valence-corrected chi connectivity index (χ1v) is 12.2. The SMILES string of the molecule is O=C1CCC[C@H]2[C@@H]3C[C@@H](CN(Cc4ccc(Cl)cn4)C3)[C@H](CC3CCCCC3)N12. The molecular formula is C24H34ClN3O. The number of carbonyl (C=O) groups excluding carboxylic acids is 1. The largest absolute Gasteiger partial charge is 0.336 e. The summed E-state index contributed by atoms with van der Waals surface area (Å²) in [6.07, 6.45) is 14.3. The second-order valence-electron chi connectivity index (χ2n) is 9.99. The van der Waals surface area contributed by atoms with E-state index < -0.39 is 0 Å². The average Bonchev–Trinajstić information content (AvgIpc) is 2.74. The molecule has 0 radical (unpaired) electrons. The third kappa shape index (κ3) is 4.20. The van der Waals surface area contributed by atoms with Gasteiger partial charge in [-0.15, -0.1) is 0 Å². The fourth-order valence-electron chi connectivity index (χ4n) is 6.80. The Bertz CT molecular complexity index is 717. The van der Waals surface area contributed by atoms with E-state index in [2.05, 4.69) is 20.9 Å². The summed E-state index contributed by atoms with van der Waals surface area (Å²) in [7, 11) is 0. The number of hydrogen-bond acceptors (Lipinski definition) is 3. The first-order valence-electron chi connectivity index (χ1n) is 11.8. The van der Waals surface area contributed by atoms with E-state index in [-0.39, 0.29) is 0 Å². The minimum absolute atomic E-state index is 0.449. The molecule has 1 aromatic heterocycles. The molecule has 1 saturated carbocycles. The van der Waals surface area contributed by atoms with Gasteiger partial charge in [0.15, 0.2) is 0 Å². The van der Waals surface area contributed by atoms with Crippen molar-refractivity contribution < 1.29 is 4.79 Å². The van der Waals surface area contributed by atoms with Gasteiger partial charge in [-0.2, -0.15) is 0 Å². The van der Waals surface area contributed by atoms with Crippen molar-refractivity contribution in [1.29, 1.82) is 0 Å². The molecule has 29 heavy (non-hydrogen) atoms. The average molecular weight is 416 g/mol. The summed E-state index contributed by atoms with van der Waals surface area (Å²) in [4.78, 5) is 22.6. The lowest BCUT2D eigenvalue weighted by Gasteiger charge is -2.57. The van der Waals surface area contributed by atoms with Gasteiger partial charge in [0.25, 0.3) is 0 Å². The normalized spacial score (nSPS) is 33.6. The lowest BCUT2D eigenvalue weighted by molar-refractivity contribution is -0.154. The minimum atomic E-state index is 0.449. The van der Waals surface area contributed by atoms with Gasteiger partial charge in [-0.25, -0.2) is 0 Å². The first-order chi connectivity index (χ1) is 14.2. The van der Waals surface area contributed by atoms with E-state index in [0.717, 1.165) is 44.1 Å². The predicted molar refractivity (Wildman–Crippen MR) is 116 cm³/mol. The number of halogens is 1. The van der Waals surface area contributed by atoms with Crippen molar-refractivity contribution in [2.45, 2.75) is 82.8 Å². The number of hydrogen-bond donors (Lipinski definition) is 0. The lowest BCUT2D eigenvalue weighted by atomic mass is 9.69. The molecule has 0 unspecified atom stereocenters. The van der Waals surface area contributed by atoms with Gasteiger partial charge in [0.1, 0.15) is 0 Å². The van der Waals surface area contributed by atoms with Crippen LogP contribution >= 0.6 is 11.6 Å². The Morgan fingerprint density at radius 2 is 1.86 bits per heavy atom. The van der Waals surface area contributed by atoms with E-state index >= 15 is 0 Å². The van der Waals surface area contributed by atoms with Crippen LogP contribution in [0.2, 0.25) is 5.02 Å². The van der Waals surface area contributed by atoms with Gasteiger partial charge in [-0.05, 0) is 55.6 Å². The van der Waals surface area contributed by atoms with Gasteiger partial charge in [-0.1, -0.05) is 43.7 Å². The van der Waals surface area contributed by atoms with Crippen LogP contribution in [-0.4, -0.2) is 45.9 Å². The summed E-state index contributed by atoms with van der Waals surface area (Å²) in [5, 5.41) is 0.702. The second kappa shape index (κ2) is 8.55. The fourth-order valence-corrected chi connectivity index (χ4v) is 6.91. The Hall–Kier alpha value is -1.13. The Balaban J connectivity index is 1.35. The number of amides is 1. The zero-order valence-corrected chi connectivity index (χ0v) is 18.2. The summed E-state index contributed by atoms with van der Waals surface area (Å²) in [6.45, 7) is 3.11. The first kappa shape index (κ1) is 19.8. The molecule has 2 bridgehead atoms. The number of likely N-dealkylation sites (tertiary alicyclic amines) is 1. The molecule has 0 N–H and O–H groups in total. The van der Waals surface area contributed by atoms with Gasteiger partial charge >= 0.3 is 0 Å². The van der Waals surface area contributed by atoms with Crippen LogP contribution in [-0.2, 0) is 11.3 Å². The fraction of sp³-hybridized carbons (Fsp3) is 0.750. The molecule has 4 heterocycles. The van der Waals surface area contributed by atoms with E-state index in [9.17, 15) is 4.79 Å². The number of carbonyl (C=O) groups is 1. The molecule has 0 aromatic carbocycles. The van der Waals surface area contributed by atoms with Gasteiger partial charge < -0.3 is 4.90 Å². The van der Waals surface area contributed by atoms with Crippen molar-refractivity contribution in [1.82, 2.24) is 14.8 Å². The van der Waals surface area contributed by atoms with Crippen molar-refractivity contribution in [2.24, 2.45) is 17.8 Å². The topological polar surface area (TPSA) is 36.4 Å². The number of pyridine rings is 1. The van der Waals surface area contributed by atoms with Crippen molar-refractivity contribution in [3.63, 3.8) is 0 Å². The maximum absolute atomic E-state index is 13.0. The maximum atomic E-state index is 13.0.